The van der Waals surface area contributed by atoms with Crippen LogP contribution in [0.5, 0.6) is 5.75 Å². The summed E-state index contributed by atoms with van der Waals surface area (Å²) in [5.41, 5.74) is 0.211. The molecule has 1 unspecified atom stereocenters. The van der Waals surface area contributed by atoms with E-state index in [4.69, 9.17) is 4.74 Å². The van der Waals surface area contributed by atoms with Gasteiger partial charge < -0.3 is 34.5 Å². The first kappa shape index (κ1) is 27.7. The highest BCUT2D eigenvalue weighted by atomic mass is 31.2. The summed E-state index contributed by atoms with van der Waals surface area (Å²) in [4.78, 5) is 42.7. The minimum atomic E-state index is -5.40. The van der Waals surface area contributed by atoms with Crippen molar-refractivity contribution in [2.45, 2.75) is 63.5 Å². The number of nitrogens with one attached hydrogen (secondary N) is 1. The van der Waals surface area contributed by atoms with E-state index < -0.39 is 31.7 Å². The molecule has 0 bridgehead atoms. The first-order valence-corrected chi connectivity index (χ1v) is 14.6. The van der Waals surface area contributed by atoms with E-state index in [1.54, 1.807) is 24.3 Å². The van der Waals surface area contributed by atoms with Gasteiger partial charge in [0.15, 0.2) is 0 Å². The van der Waals surface area contributed by atoms with Crippen molar-refractivity contribution in [3.05, 3.63) is 53.1 Å². The zero-order valence-electron chi connectivity index (χ0n) is 21.4. The molecular formula is C24H36N2O7P2. The predicted octanol–water partition coefficient (Wildman–Crippen LogP) is 4.69. The second-order valence-corrected chi connectivity index (χ2v) is 15.2. The van der Waals surface area contributed by atoms with Crippen LogP contribution < -0.4 is 15.0 Å². The zero-order valence-corrected chi connectivity index (χ0v) is 23.2. The standard InChI is InChI=1S/C24H36N2O7P2/c1-22(2,3)16-13-18(23(4,5)6)20-19(14-16)25-24(33-20,21(34(27,28)29)35(30,31)32)15-9-11-17(12-10-15)26(7)8/h9-14,21,25H,1-8H3,(H2,27,28,29)(H2,30,31,32). The maximum Gasteiger partial charge on any atom is 0.347 e. The molecule has 1 aliphatic rings. The van der Waals surface area contributed by atoms with E-state index >= 15 is 0 Å². The third-order valence-electron chi connectivity index (χ3n) is 6.16. The molecule has 35 heavy (non-hydrogen) atoms. The third-order valence-corrected chi connectivity index (χ3v) is 9.97. The first-order valence-electron chi connectivity index (χ1n) is 11.2. The van der Waals surface area contributed by atoms with Crippen molar-refractivity contribution in [1.82, 2.24) is 0 Å². The Morgan fingerprint density at radius 3 is 1.80 bits per heavy atom. The summed E-state index contributed by atoms with van der Waals surface area (Å²) in [6.45, 7) is 12.1. The fourth-order valence-electron chi connectivity index (χ4n) is 4.28. The van der Waals surface area contributed by atoms with Crippen LogP contribution in [-0.4, -0.2) is 39.1 Å². The van der Waals surface area contributed by atoms with Crippen LogP contribution in [-0.2, 0) is 25.7 Å². The second-order valence-electron chi connectivity index (χ2n) is 11.4. The van der Waals surface area contributed by atoms with E-state index in [-0.39, 0.29) is 11.0 Å². The van der Waals surface area contributed by atoms with Crippen molar-refractivity contribution in [3.8, 4) is 5.75 Å². The molecule has 11 heteroatoms. The van der Waals surface area contributed by atoms with Gasteiger partial charge in [-0.25, -0.2) is 0 Å². The van der Waals surface area contributed by atoms with Gasteiger partial charge in [-0.05, 0) is 34.6 Å². The Kier molecular flexibility index (Phi) is 6.83. The monoisotopic (exact) mass is 526 g/mol. The van der Waals surface area contributed by atoms with Gasteiger partial charge >= 0.3 is 15.2 Å². The number of hydrogen-bond donors (Lipinski definition) is 5. The number of benzene rings is 2. The fourth-order valence-corrected chi connectivity index (χ4v) is 7.33. The molecule has 2 aromatic carbocycles. The second kappa shape index (κ2) is 8.62. The summed E-state index contributed by atoms with van der Waals surface area (Å²) >= 11 is 0. The topological polar surface area (TPSA) is 140 Å². The highest BCUT2D eigenvalue weighted by Gasteiger charge is 2.63. The average molecular weight is 527 g/mol. The van der Waals surface area contributed by atoms with Gasteiger partial charge in [-0.3, -0.25) is 9.13 Å². The highest BCUT2D eigenvalue weighted by Crippen LogP contribution is 2.68. The lowest BCUT2D eigenvalue weighted by molar-refractivity contribution is 0.112. The van der Waals surface area contributed by atoms with Crippen LogP contribution in [0.1, 0.15) is 58.2 Å². The molecule has 0 aliphatic carbocycles. The Morgan fingerprint density at radius 1 is 0.886 bits per heavy atom. The maximum absolute atomic E-state index is 12.7. The van der Waals surface area contributed by atoms with Gasteiger partial charge in [0.1, 0.15) is 5.75 Å². The SMILES string of the molecule is CN(C)c1ccc(C2(C(P(=O)(O)O)P(=O)(O)O)Nc3cc(C(C)(C)C)cc(C(C)(C)C)c3O2)cc1. The average Bonchev–Trinajstić information content (AvgIpc) is 3.02. The van der Waals surface area contributed by atoms with Crippen LogP contribution >= 0.6 is 15.2 Å². The smallest absolute Gasteiger partial charge is 0.347 e. The van der Waals surface area contributed by atoms with Gasteiger partial charge in [-0.15, -0.1) is 0 Å². The number of fused-ring (bicyclic) bond motifs is 1. The van der Waals surface area contributed by atoms with Crippen LogP contribution in [0.2, 0.25) is 0 Å². The lowest BCUT2D eigenvalue weighted by atomic mass is 9.80. The Morgan fingerprint density at radius 2 is 1.40 bits per heavy atom. The molecule has 194 valence electrons. The number of ether oxygens (including phenoxy) is 1. The largest absolute Gasteiger partial charge is 0.460 e. The normalized spacial score (nSPS) is 18.8. The number of hydrogen-bond acceptors (Lipinski definition) is 5. The van der Waals surface area contributed by atoms with Crippen LogP contribution in [0.15, 0.2) is 36.4 Å². The van der Waals surface area contributed by atoms with E-state index in [1.807, 2.05) is 72.7 Å². The van der Waals surface area contributed by atoms with Crippen molar-refractivity contribution < 1.29 is 33.4 Å². The van der Waals surface area contributed by atoms with E-state index in [1.165, 1.54) is 0 Å². The molecule has 0 amide bonds. The molecule has 3 rings (SSSR count). The summed E-state index contributed by atoms with van der Waals surface area (Å²) < 4.78 is 31.6. The molecule has 0 spiro atoms. The Labute approximate surface area is 206 Å². The van der Waals surface area contributed by atoms with E-state index in [2.05, 4.69) is 5.32 Å². The number of anilines is 2. The van der Waals surface area contributed by atoms with Crippen LogP contribution in [0.3, 0.4) is 0 Å². The van der Waals surface area contributed by atoms with E-state index in [0.29, 0.717) is 11.4 Å². The third kappa shape index (κ3) is 5.31. The molecule has 0 saturated heterocycles. The Hall–Kier alpha value is -1.86. The van der Waals surface area contributed by atoms with Crippen LogP contribution in [0, 0.1) is 0 Å². The number of nitrogens with zero attached hydrogens (tertiary/aromatic N) is 1. The lowest BCUT2D eigenvalue weighted by Crippen LogP contribution is -2.48. The van der Waals surface area contributed by atoms with Crippen molar-refractivity contribution in [2.24, 2.45) is 0 Å². The molecule has 1 heterocycles. The summed E-state index contributed by atoms with van der Waals surface area (Å²) in [6, 6.07) is 10.3. The molecule has 5 N–H and O–H groups in total. The Balaban J connectivity index is 2.37. The van der Waals surface area contributed by atoms with Crippen molar-refractivity contribution in [2.75, 3.05) is 24.3 Å². The fraction of sp³-hybridized carbons (Fsp3) is 0.500. The summed E-state index contributed by atoms with van der Waals surface area (Å²) in [6.07, 6.45) is 0. The van der Waals surface area contributed by atoms with Gasteiger partial charge in [0.25, 0.3) is 0 Å². The van der Waals surface area contributed by atoms with Gasteiger partial charge in [-0.1, -0.05) is 59.7 Å². The van der Waals surface area contributed by atoms with Crippen molar-refractivity contribution in [3.63, 3.8) is 0 Å². The zero-order chi connectivity index (χ0) is 26.8. The summed E-state index contributed by atoms with van der Waals surface area (Å²) in [5, 5.41) is 0.550. The molecule has 2 aromatic rings. The summed E-state index contributed by atoms with van der Waals surface area (Å²) in [7, 11) is -7.12. The molecule has 9 nitrogen and oxygen atoms in total. The number of rotatable bonds is 5. The van der Waals surface area contributed by atoms with Gasteiger partial charge in [0, 0.05) is 30.9 Å². The van der Waals surface area contributed by atoms with Crippen LogP contribution in [0.4, 0.5) is 11.4 Å². The molecule has 0 radical (unpaired) electrons. The molecular weight excluding hydrogens is 490 g/mol. The quantitative estimate of drug-likeness (QED) is 0.351. The van der Waals surface area contributed by atoms with Gasteiger partial charge in [0.2, 0.25) is 11.1 Å². The Bertz CT molecular complexity index is 1180. The van der Waals surface area contributed by atoms with Crippen molar-refractivity contribution in [1.29, 1.82) is 0 Å². The molecule has 1 atom stereocenters. The highest BCUT2D eigenvalue weighted by molar-refractivity contribution is 7.71. The molecule has 0 fully saturated rings. The molecule has 0 aromatic heterocycles. The van der Waals surface area contributed by atoms with Crippen molar-refractivity contribution >= 4 is 26.6 Å². The first-order chi connectivity index (χ1) is 15.7. The molecule has 1 aliphatic heterocycles. The van der Waals surface area contributed by atoms with Gasteiger partial charge in [-0.2, -0.15) is 0 Å². The van der Waals surface area contributed by atoms with Crippen LogP contribution in [0.25, 0.3) is 0 Å². The minimum Gasteiger partial charge on any atom is -0.460 e. The van der Waals surface area contributed by atoms with E-state index in [0.717, 1.165) is 16.8 Å². The lowest BCUT2D eigenvalue weighted by Gasteiger charge is -2.37. The van der Waals surface area contributed by atoms with E-state index in [9.17, 15) is 28.7 Å². The maximum atomic E-state index is 12.7. The minimum absolute atomic E-state index is 0.188. The van der Waals surface area contributed by atoms with Gasteiger partial charge in [0.05, 0.1) is 5.69 Å². The predicted molar refractivity (Wildman–Crippen MR) is 138 cm³/mol. The molecule has 0 saturated carbocycles. The summed E-state index contributed by atoms with van der Waals surface area (Å²) in [5.74, 6) is 0.314.